The largest absolute Gasteiger partial charge is 0.497 e. The maximum atomic E-state index is 13.6. The van der Waals surface area contributed by atoms with Crippen LogP contribution in [0.25, 0.3) is 0 Å². The minimum absolute atomic E-state index is 0.00851. The van der Waals surface area contributed by atoms with Crippen molar-refractivity contribution < 1.29 is 31.1 Å². The van der Waals surface area contributed by atoms with Gasteiger partial charge in [0, 0.05) is 25.7 Å². The topological polar surface area (TPSA) is 122 Å². The number of methoxy groups -OCH3 is 2. The van der Waals surface area contributed by atoms with Crippen molar-refractivity contribution in [2.45, 2.75) is 15.8 Å². The van der Waals surface area contributed by atoms with Crippen molar-refractivity contribution in [2.75, 3.05) is 39.2 Å². The van der Waals surface area contributed by atoms with Gasteiger partial charge in [0.05, 0.1) is 29.7 Å². The van der Waals surface area contributed by atoms with Gasteiger partial charge in [-0.15, -0.1) is 0 Å². The zero-order chi connectivity index (χ0) is 26.6. The summed E-state index contributed by atoms with van der Waals surface area (Å²) in [5.74, 6) is 0.103. The highest BCUT2D eigenvalue weighted by atomic mass is 32.2. The summed E-state index contributed by atoms with van der Waals surface area (Å²) in [4.78, 5) is 13.6. The second-order valence-electron chi connectivity index (χ2n) is 8.18. The van der Waals surface area contributed by atoms with E-state index in [9.17, 15) is 21.6 Å². The third kappa shape index (κ3) is 5.47. The van der Waals surface area contributed by atoms with Crippen molar-refractivity contribution in [1.29, 1.82) is 0 Å². The molecule has 0 radical (unpaired) electrons. The number of piperazine rings is 1. The van der Waals surface area contributed by atoms with Gasteiger partial charge in [0.1, 0.15) is 17.5 Å². The highest BCUT2D eigenvalue weighted by Gasteiger charge is 2.43. The lowest BCUT2D eigenvalue weighted by atomic mass is 10.2. The Hall–Kier alpha value is -3.45. The smallest absolute Gasteiger partial charge is 0.244 e. The van der Waals surface area contributed by atoms with E-state index in [2.05, 4.69) is 5.32 Å². The summed E-state index contributed by atoms with van der Waals surface area (Å²) in [6.07, 6.45) is 0. The summed E-state index contributed by atoms with van der Waals surface area (Å²) >= 11 is 0. The van der Waals surface area contributed by atoms with Crippen LogP contribution in [0.5, 0.6) is 11.5 Å². The van der Waals surface area contributed by atoms with Crippen molar-refractivity contribution in [1.82, 2.24) is 8.61 Å². The number of benzene rings is 3. The molecule has 1 aliphatic heterocycles. The van der Waals surface area contributed by atoms with Crippen LogP contribution in [0.2, 0.25) is 0 Å². The summed E-state index contributed by atoms with van der Waals surface area (Å²) in [6, 6.07) is 18.9. The Kier molecular flexibility index (Phi) is 7.83. The highest BCUT2D eigenvalue weighted by molar-refractivity contribution is 7.89. The Morgan fingerprint density at radius 1 is 0.811 bits per heavy atom. The van der Waals surface area contributed by atoms with Crippen LogP contribution >= 0.6 is 0 Å². The van der Waals surface area contributed by atoms with Gasteiger partial charge >= 0.3 is 0 Å². The molecule has 1 amide bonds. The average molecular weight is 546 g/mol. The number of nitrogens with one attached hydrogen (secondary N) is 1. The van der Waals surface area contributed by atoms with Gasteiger partial charge in [-0.3, -0.25) is 4.79 Å². The molecule has 10 nitrogen and oxygen atoms in total. The van der Waals surface area contributed by atoms with E-state index < -0.39 is 32.0 Å². The van der Waals surface area contributed by atoms with Crippen molar-refractivity contribution >= 4 is 31.6 Å². The first-order valence-electron chi connectivity index (χ1n) is 11.3. The summed E-state index contributed by atoms with van der Waals surface area (Å²) in [7, 11) is -5.16. The standard InChI is InChI=1S/C25H27N3O7S2/c1-34-19-13-14-22(24(17-19)35-2)26-25(29)23-18-27(36(30,31)20-9-5-3-6-10-20)15-16-28(23)37(32,33)21-11-7-4-8-12-21/h3-14,17,23H,15-16,18H2,1-2H3,(H,26,29)/t23-/m1/s1. The molecule has 1 heterocycles. The van der Waals surface area contributed by atoms with Gasteiger partial charge in [0.25, 0.3) is 0 Å². The van der Waals surface area contributed by atoms with Gasteiger partial charge < -0.3 is 14.8 Å². The number of ether oxygens (including phenoxy) is 2. The predicted molar refractivity (Wildman–Crippen MR) is 137 cm³/mol. The zero-order valence-corrected chi connectivity index (χ0v) is 21.9. The predicted octanol–water partition coefficient (Wildman–Crippen LogP) is 2.41. The van der Waals surface area contributed by atoms with Crippen LogP contribution in [0, 0.1) is 0 Å². The molecular formula is C25H27N3O7S2. The van der Waals surface area contributed by atoms with Crippen molar-refractivity contribution in [3.8, 4) is 11.5 Å². The normalized spacial score (nSPS) is 17.2. The number of rotatable bonds is 8. The van der Waals surface area contributed by atoms with Crippen LogP contribution in [0.3, 0.4) is 0 Å². The maximum Gasteiger partial charge on any atom is 0.244 e. The lowest BCUT2D eigenvalue weighted by Gasteiger charge is -2.39. The minimum Gasteiger partial charge on any atom is -0.497 e. The van der Waals surface area contributed by atoms with Crippen LogP contribution < -0.4 is 14.8 Å². The molecule has 1 N–H and O–H groups in total. The molecule has 1 aliphatic rings. The van der Waals surface area contributed by atoms with Crippen LogP contribution in [0.15, 0.2) is 88.7 Å². The lowest BCUT2D eigenvalue weighted by molar-refractivity contribution is -0.120. The van der Waals surface area contributed by atoms with E-state index in [1.807, 2.05) is 0 Å². The molecule has 0 aliphatic carbocycles. The fourth-order valence-electron chi connectivity index (χ4n) is 4.05. The maximum absolute atomic E-state index is 13.6. The van der Waals surface area contributed by atoms with Gasteiger partial charge in [-0.05, 0) is 36.4 Å². The molecular weight excluding hydrogens is 518 g/mol. The molecule has 37 heavy (non-hydrogen) atoms. The Morgan fingerprint density at radius 2 is 1.41 bits per heavy atom. The second-order valence-corrected chi connectivity index (χ2v) is 12.0. The first kappa shape index (κ1) is 26.6. The van der Waals surface area contributed by atoms with Crippen LogP contribution in [0.1, 0.15) is 0 Å². The molecule has 0 saturated carbocycles. The van der Waals surface area contributed by atoms with Crippen molar-refractivity contribution in [3.05, 3.63) is 78.9 Å². The van der Waals surface area contributed by atoms with E-state index >= 15 is 0 Å². The molecule has 0 spiro atoms. The molecule has 3 aromatic rings. The Bertz CT molecular complexity index is 1460. The number of hydrogen-bond donors (Lipinski definition) is 1. The summed E-state index contributed by atoms with van der Waals surface area (Å²) in [5.41, 5.74) is 0.286. The van der Waals surface area contributed by atoms with Gasteiger partial charge in [0.15, 0.2) is 0 Å². The van der Waals surface area contributed by atoms with E-state index in [1.54, 1.807) is 54.6 Å². The molecule has 1 fully saturated rings. The summed E-state index contributed by atoms with van der Waals surface area (Å²) in [5, 5.41) is 2.70. The molecule has 0 aromatic heterocycles. The Morgan fingerprint density at radius 3 is 1.97 bits per heavy atom. The van der Waals surface area contributed by atoms with Crippen molar-refractivity contribution in [2.24, 2.45) is 0 Å². The van der Waals surface area contributed by atoms with Gasteiger partial charge in [-0.2, -0.15) is 8.61 Å². The third-order valence-corrected chi connectivity index (χ3v) is 9.80. The van der Waals surface area contributed by atoms with E-state index in [1.165, 1.54) is 38.5 Å². The first-order valence-corrected chi connectivity index (χ1v) is 14.2. The molecule has 12 heteroatoms. The molecule has 1 saturated heterocycles. The fourth-order valence-corrected chi connectivity index (χ4v) is 7.10. The zero-order valence-electron chi connectivity index (χ0n) is 20.3. The van der Waals surface area contributed by atoms with E-state index in [0.29, 0.717) is 11.5 Å². The van der Waals surface area contributed by atoms with E-state index in [4.69, 9.17) is 9.47 Å². The van der Waals surface area contributed by atoms with Crippen molar-refractivity contribution in [3.63, 3.8) is 0 Å². The molecule has 1 atom stereocenters. The number of carbonyl (C=O) groups is 1. The molecule has 3 aromatic carbocycles. The summed E-state index contributed by atoms with van der Waals surface area (Å²) in [6.45, 7) is -0.687. The number of anilines is 1. The second kappa shape index (κ2) is 10.9. The average Bonchev–Trinajstić information content (AvgIpc) is 2.93. The fraction of sp³-hybridized carbons (Fsp3) is 0.240. The van der Waals surface area contributed by atoms with Crippen LogP contribution in [-0.2, 0) is 24.8 Å². The van der Waals surface area contributed by atoms with Gasteiger partial charge in [0.2, 0.25) is 26.0 Å². The molecule has 4 rings (SSSR count). The van der Waals surface area contributed by atoms with E-state index in [0.717, 1.165) is 8.61 Å². The number of amides is 1. The monoisotopic (exact) mass is 545 g/mol. The minimum atomic E-state index is -4.11. The Labute approximate surface area is 216 Å². The first-order chi connectivity index (χ1) is 17.7. The lowest BCUT2D eigenvalue weighted by Crippen LogP contribution is -2.60. The summed E-state index contributed by atoms with van der Waals surface area (Å²) < 4.78 is 66.4. The molecule has 196 valence electrons. The molecule has 0 bridgehead atoms. The van der Waals surface area contributed by atoms with Crippen LogP contribution in [-0.4, -0.2) is 71.2 Å². The Balaban J connectivity index is 1.70. The quantitative estimate of drug-likeness (QED) is 0.461. The van der Waals surface area contributed by atoms with Crippen LogP contribution in [0.4, 0.5) is 5.69 Å². The third-order valence-electron chi connectivity index (χ3n) is 5.99. The highest BCUT2D eigenvalue weighted by Crippen LogP contribution is 2.31. The van der Waals surface area contributed by atoms with Gasteiger partial charge in [-0.25, -0.2) is 16.8 Å². The number of hydrogen-bond acceptors (Lipinski definition) is 7. The van der Waals surface area contributed by atoms with Gasteiger partial charge in [-0.1, -0.05) is 36.4 Å². The van der Waals surface area contributed by atoms with E-state index in [-0.39, 0.29) is 35.1 Å². The number of nitrogens with zero attached hydrogens (tertiary/aromatic N) is 2. The number of carbonyl (C=O) groups excluding carboxylic acids is 1. The molecule has 0 unspecified atom stereocenters. The number of sulfonamides is 2. The SMILES string of the molecule is COc1ccc(NC(=O)[C@H]2CN(S(=O)(=O)c3ccccc3)CCN2S(=O)(=O)c2ccccc2)c(OC)c1.